The molecule has 0 unspecified atom stereocenters. The van der Waals surface area contributed by atoms with E-state index in [1.807, 2.05) is 42.5 Å². The highest BCUT2D eigenvalue weighted by atomic mass is 32.1. The van der Waals surface area contributed by atoms with Gasteiger partial charge in [0.1, 0.15) is 0 Å². The van der Waals surface area contributed by atoms with Crippen molar-refractivity contribution < 1.29 is 4.79 Å². The maximum Gasteiger partial charge on any atom is 0.263 e. The molecule has 1 amide bonds. The lowest BCUT2D eigenvalue weighted by Gasteiger charge is -2.15. The minimum atomic E-state index is -0.162. The summed E-state index contributed by atoms with van der Waals surface area (Å²) >= 11 is 1.37. The van der Waals surface area contributed by atoms with E-state index in [1.54, 1.807) is 24.2 Å². The third-order valence-corrected chi connectivity index (χ3v) is 5.54. The SMILES string of the molecule is CN(CCc1ccccn1)C(=O)c1cc2c(=O)[nH]c3ccccc3c2s1. The number of pyridine rings is 2. The Morgan fingerprint density at radius 3 is 2.77 bits per heavy atom. The van der Waals surface area contributed by atoms with Crippen molar-refractivity contribution in [2.24, 2.45) is 0 Å². The van der Waals surface area contributed by atoms with E-state index in [0.29, 0.717) is 23.2 Å². The normalized spacial score (nSPS) is 11.1. The van der Waals surface area contributed by atoms with Crippen LogP contribution in [0.15, 0.2) is 59.5 Å². The fraction of sp³-hybridized carbons (Fsp3) is 0.150. The van der Waals surface area contributed by atoms with Crippen molar-refractivity contribution in [2.75, 3.05) is 13.6 Å². The zero-order valence-electron chi connectivity index (χ0n) is 14.2. The van der Waals surface area contributed by atoms with Gasteiger partial charge in [0.2, 0.25) is 0 Å². The summed E-state index contributed by atoms with van der Waals surface area (Å²) in [5.41, 5.74) is 1.57. The van der Waals surface area contributed by atoms with Crippen LogP contribution < -0.4 is 5.56 Å². The average Bonchev–Trinajstić information content (AvgIpc) is 3.13. The highest BCUT2D eigenvalue weighted by molar-refractivity contribution is 7.21. The van der Waals surface area contributed by atoms with Crippen LogP contribution in [0.4, 0.5) is 0 Å². The standard InChI is InChI=1S/C20H17N3O2S/c1-23(11-9-13-6-4-5-10-21-13)20(25)17-12-15-18(26-17)14-7-2-3-8-16(14)22-19(15)24/h2-8,10,12H,9,11H2,1H3,(H,22,24). The van der Waals surface area contributed by atoms with Gasteiger partial charge in [-0.3, -0.25) is 14.6 Å². The molecule has 4 aromatic rings. The van der Waals surface area contributed by atoms with Gasteiger partial charge in [0.25, 0.3) is 11.5 Å². The van der Waals surface area contributed by atoms with Gasteiger partial charge in [0, 0.05) is 47.5 Å². The summed E-state index contributed by atoms with van der Waals surface area (Å²) < 4.78 is 0.853. The lowest BCUT2D eigenvalue weighted by molar-refractivity contribution is 0.0801. The molecule has 4 rings (SSSR count). The van der Waals surface area contributed by atoms with Gasteiger partial charge in [-0.25, -0.2) is 0 Å². The number of aromatic nitrogens is 2. The summed E-state index contributed by atoms with van der Waals surface area (Å²) in [5.74, 6) is -0.0781. The average molecular weight is 363 g/mol. The first-order valence-corrected chi connectivity index (χ1v) is 9.15. The number of likely N-dealkylation sites (N-methyl/N-ethyl adjacent to an activating group) is 1. The third kappa shape index (κ3) is 2.99. The molecule has 3 aromatic heterocycles. The van der Waals surface area contributed by atoms with Crippen LogP contribution in [-0.2, 0) is 6.42 Å². The topological polar surface area (TPSA) is 66.1 Å². The van der Waals surface area contributed by atoms with E-state index < -0.39 is 0 Å². The van der Waals surface area contributed by atoms with Gasteiger partial charge in [-0.2, -0.15) is 0 Å². The number of hydrogen-bond donors (Lipinski definition) is 1. The number of para-hydroxylation sites is 1. The molecule has 0 atom stereocenters. The summed E-state index contributed by atoms with van der Waals surface area (Å²) in [6, 6.07) is 15.1. The number of fused-ring (bicyclic) bond motifs is 3. The van der Waals surface area contributed by atoms with Crippen LogP contribution in [-0.4, -0.2) is 34.4 Å². The molecule has 0 saturated heterocycles. The minimum absolute atomic E-state index is 0.0781. The van der Waals surface area contributed by atoms with Gasteiger partial charge in [-0.1, -0.05) is 24.3 Å². The first-order chi connectivity index (χ1) is 12.6. The summed E-state index contributed by atoms with van der Waals surface area (Å²) in [5, 5.41) is 1.53. The second-order valence-electron chi connectivity index (χ2n) is 6.15. The van der Waals surface area contributed by atoms with Crippen molar-refractivity contribution >= 4 is 38.2 Å². The molecule has 0 bridgehead atoms. The Labute approximate surface area is 153 Å². The smallest absolute Gasteiger partial charge is 0.263 e. The number of rotatable bonds is 4. The third-order valence-electron chi connectivity index (χ3n) is 4.38. The zero-order valence-corrected chi connectivity index (χ0v) is 15.0. The quantitative estimate of drug-likeness (QED) is 0.604. The number of benzene rings is 1. The summed E-state index contributed by atoms with van der Waals surface area (Å²) in [6.45, 7) is 0.571. The van der Waals surface area contributed by atoms with E-state index in [9.17, 15) is 9.59 Å². The van der Waals surface area contributed by atoms with E-state index in [4.69, 9.17) is 0 Å². The number of H-pyrrole nitrogens is 1. The maximum atomic E-state index is 12.8. The molecule has 0 aliphatic carbocycles. The number of carbonyl (C=O) groups is 1. The summed E-state index contributed by atoms with van der Waals surface area (Å²) in [7, 11) is 1.78. The number of carbonyl (C=O) groups excluding carboxylic acids is 1. The molecule has 0 aliphatic rings. The van der Waals surface area contributed by atoms with E-state index in [-0.39, 0.29) is 11.5 Å². The van der Waals surface area contributed by atoms with Crippen LogP contribution in [0, 0.1) is 0 Å². The zero-order chi connectivity index (χ0) is 18.1. The molecule has 0 radical (unpaired) electrons. The molecule has 5 nitrogen and oxygen atoms in total. The van der Waals surface area contributed by atoms with E-state index in [2.05, 4.69) is 9.97 Å². The van der Waals surface area contributed by atoms with E-state index in [0.717, 1.165) is 21.3 Å². The Morgan fingerprint density at radius 1 is 1.15 bits per heavy atom. The Morgan fingerprint density at radius 2 is 1.96 bits per heavy atom. The number of nitrogens with zero attached hydrogens (tertiary/aromatic N) is 2. The van der Waals surface area contributed by atoms with Gasteiger partial charge in [0.05, 0.1) is 10.3 Å². The number of hydrogen-bond acceptors (Lipinski definition) is 4. The summed E-state index contributed by atoms with van der Waals surface area (Å²) in [4.78, 5) is 34.5. The van der Waals surface area contributed by atoms with Crippen molar-refractivity contribution in [1.82, 2.24) is 14.9 Å². The highest BCUT2D eigenvalue weighted by Gasteiger charge is 2.17. The summed E-state index contributed by atoms with van der Waals surface area (Å²) in [6.07, 6.45) is 2.44. The largest absolute Gasteiger partial charge is 0.341 e. The van der Waals surface area contributed by atoms with Crippen LogP contribution in [0.5, 0.6) is 0 Å². The first-order valence-electron chi connectivity index (χ1n) is 8.33. The molecule has 130 valence electrons. The highest BCUT2D eigenvalue weighted by Crippen LogP contribution is 2.30. The van der Waals surface area contributed by atoms with Crippen LogP contribution in [0.25, 0.3) is 21.0 Å². The second kappa shape index (κ2) is 6.72. The predicted molar refractivity (Wildman–Crippen MR) is 105 cm³/mol. The monoisotopic (exact) mass is 363 g/mol. The number of amides is 1. The molecule has 26 heavy (non-hydrogen) atoms. The lowest BCUT2D eigenvalue weighted by Crippen LogP contribution is -2.28. The molecule has 0 saturated carbocycles. The fourth-order valence-corrected chi connectivity index (χ4v) is 4.15. The van der Waals surface area contributed by atoms with Crippen molar-refractivity contribution in [2.45, 2.75) is 6.42 Å². The number of aromatic amines is 1. The Bertz CT molecular complexity index is 1150. The van der Waals surface area contributed by atoms with Gasteiger partial charge in [-0.05, 0) is 24.3 Å². The molecule has 0 aliphatic heterocycles. The van der Waals surface area contributed by atoms with Gasteiger partial charge < -0.3 is 9.88 Å². The maximum absolute atomic E-state index is 12.8. The van der Waals surface area contributed by atoms with Crippen molar-refractivity contribution in [1.29, 1.82) is 0 Å². The molecule has 1 aromatic carbocycles. The van der Waals surface area contributed by atoms with Crippen LogP contribution >= 0.6 is 11.3 Å². The van der Waals surface area contributed by atoms with E-state index >= 15 is 0 Å². The Hall–Kier alpha value is -2.99. The Balaban J connectivity index is 1.63. The van der Waals surface area contributed by atoms with Crippen molar-refractivity contribution in [3.63, 3.8) is 0 Å². The molecule has 0 spiro atoms. The molecule has 3 heterocycles. The fourth-order valence-electron chi connectivity index (χ4n) is 2.96. The van der Waals surface area contributed by atoms with Crippen LogP contribution in [0.3, 0.4) is 0 Å². The minimum Gasteiger partial charge on any atom is -0.341 e. The first kappa shape index (κ1) is 16.5. The van der Waals surface area contributed by atoms with Crippen molar-refractivity contribution in [3.8, 4) is 0 Å². The molecule has 1 N–H and O–H groups in total. The van der Waals surface area contributed by atoms with Gasteiger partial charge >= 0.3 is 0 Å². The Kier molecular flexibility index (Phi) is 4.26. The molecule has 0 fully saturated rings. The van der Waals surface area contributed by atoms with Crippen molar-refractivity contribution in [3.05, 3.63) is 75.7 Å². The van der Waals surface area contributed by atoms with Gasteiger partial charge in [-0.15, -0.1) is 11.3 Å². The lowest BCUT2D eigenvalue weighted by atomic mass is 10.2. The van der Waals surface area contributed by atoms with Gasteiger partial charge in [0.15, 0.2) is 0 Å². The molecular weight excluding hydrogens is 346 g/mol. The molecule has 6 heteroatoms. The predicted octanol–water partition coefficient (Wildman–Crippen LogP) is 3.45. The number of thiophene rings is 1. The van der Waals surface area contributed by atoms with Crippen LogP contribution in [0.2, 0.25) is 0 Å². The molecular formula is C20H17N3O2S. The van der Waals surface area contributed by atoms with E-state index in [1.165, 1.54) is 11.3 Å². The number of nitrogens with one attached hydrogen (secondary N) is 1. The van der Waals surface area contributed by atoms with Crippen LogP contribution in [0.1, 0.15) is 15.4 Å². The second-order valence-corrected chi connectivity index (χ2v) is 7.20.